The fourth-order valence-corrected chi connectivity index (χ4v) is 3.33. The van der Waals surface area contributed by atoms with Gasteiger partial charge in [-0.1, -0.05) is 0 Å². The normalized spacial score (nSPS) is 19.3. The van der Waals surface area contributed by atoms with E-state index in [-0.39, 0.29) is 31.2 Å². The first-order valence-corrected chi connectivity index (χ1v) is 6.49. The van der Waals surface area contributed by atoms with Crippen LogP contribution in [0.3, 0.4) is 0 Å². The van der Waals surface area contributed by atoms with E-state index >= 15 is 0 Å². The highest BCUT2D eigenvalue weighted by Crippen LogP contribution is 2.43. The number of primary amides is 1. The van der Waals surface area contributed by atoms with Crippen molar-refractivity contribution < 1.29 is 13.6 Å². The van der Waals surface area contributed by atoms with Crippen molar-refractivity contribution in [3.63, 3.8) is 0 Å². The number of amides is 1. The summed E-state index contributed by atoms with van der Waals surface area (Å²) < 4.78 is 26.1. The maximum Gasteiger partial charge on any atom is 0.259 e. The molecule has 1 aliphatic rings. The Labute approximate surface area is 115 Å². The van der Waals surface area contributed by atoms with Gasteiger partial charge in [-0.25, -0.2) is 8.78 Å². The van der Waals surface area contributed by atoms with Gasteiger partial charge in [-0.2, -0.15) is 0 Å². The molecule has 0 bridgehead atoms. The van der Waals surface area contributed by atoms with Gasteiger partial charge >= 0.3 is 0 Å². The van der Waals surface area contributed by atoms with Gasteiger partial charge in [0.15, 0.2) is 0 Å². The van der Waals surface area contributed by atoms with Crippen molar-refractivity contribution in [2.75, 3.05) is 0 Å². The molecular weight excluding hydrogens is 280 g/mol. The van der Waals surface area contributed by atoms with Crippen LogP contribution in [-0.2, 0) is 0 Å². The lowest BCUT2D eigenvalue weighted by Gasteiger charge is -2.28. The molecule has 6 heteroatoms. The van der Waals surface area contributed by atoms with Crippen molar-refractivity contribution in [3.05, 3.63) is 21.4 Å². The van der Waals surface area contributed by atoms with E-state index in [1.807, 2.05) is 13.0 Å². The zero-order valence-electron chi connectivity index (χ0n) is 10.0. The Morgan fingerprint density at radius 2 is 2.00 bits per heavy atom. The first-order chi connectivity index (χ1) is 7.89. The van der Waals surface area contributed by atoms with Gasteiger partial charge in [0.2, 0.25) is 5.92 Å². The molecule has 1 heterocycles. The Kier molecular flexibility index (Phi) is 4.72. The minimum Gasteiger partial charge on any atom is -0.365 e. The van der Waals surface area contributed by atoms with Crippen LogP contribution in [-0.4, -0.2) is 11.8 Å². The van der Waals surface area contributed by atoms with Gasteiger partial charge in [0.05, 0.1) is 4.88 Å². The summed E-state index contributed by atoms with van der Waals surface area (Å²) in [5, 5.41) is 0. The van der Waals surface area contributed by atoms with Crippen molar-refractivity contribution in [1.29, 1.82) is 0 Å². The van der Waals surface area contributed by atoms with Crippen LogP contribution in [0.4, 0.5) is 8.78 Å². The van der Waals surface area contributed by atoms with Crippen LogP contribution in [0.5, 0.6) is 0 Å². The van der Waals surface area contributed by atoms with Gasteiger partial charge in [0, 0.05) is 17.7 Å². The summed E-state index contributed by atoms with van der Waals surface area (Å²) >= 11 is 1.35. The molecule has 1 aromatic heterocycles. The highest BCUT2D eigenvalue weighted by molar-refractivity contribution is 7.14. The number of carbonyl (C=O) groups is 1. The molecule has 1 aliphatic carbocycles. The van der Waals surface area contributed by atoms with Gasteiger partial charge in [0.25, 0.3) is 5.91 Å². The van der Waals surface area contributed by atoms with E-state index in [4.69, 9.17) is 5.73 Å². The molecule has 1 fully saturated rings. The second kappa shape index (κ2) is 5.53. The first kappa shape index (κ1) is 15.4. The standard InChI is InChI=1S/C12H15F2NOS.ClH/c1-7-6-9(10(17-7)11(15)16)8-2-4-12(13,14)5-3-8;/h6,8H,2-5H2,1H3,(H2,15,16);1H. The van der Waals surface area contributed by atoms with Gasteiger partial charge in [-0.3, -0.25) is 4.79 Å². The Balaban J connectivity index is 0.00000162. The predicted octanol–water partition coefficient (Wildman–Crippen LogP) is 3.87. The van der Waals surface area contributed by atoms with Gasteiger partial charge in [-0.05, 0) is 37.3 Å². The highest BCUT2D eigenvalue weighted by atomic mass is 35.5. The van der Waals surface area contributed by atoms with Crippen molar-refractivity contribution in [2.45, 2.75) is 44.4 Å². The summed E-state index contributed by atoms with van der Waals surface area (Å²) in [6.45, 7) is 1.90. The average molecular weight is 296 g/mol. The summed E-state index contributed by atoms with van der Waals surface area (Å²) in [6, 6.07) is 1.92. The molecule has 0 aliphatic heterocycles. The summed E-state index contributed by atoms with van der Waals surface area (Å²) in [4.78, 5) is 12.8. The van der Waals surface area contributed by atoms with Crippen molar-refractivity contribution >= 4 is 29.7 Å². The van der Waals surface area contributed by atoms with Crippen LogP contribution in [0.25, 0.3) is 0 Å². The quantitative estimate of drug-likeness (QED) is 0.884. The SMILES string of the molecule is Cc1cc(C2CCC(F)(F)CC2)c(C(N)=O)s1.Cl. The first-order valence-electron chi connectivity index (χ1n) is 5.67. The fourth-order valence-electron chi connectivity index (χ4n) is 2.38. The topological polar surface area (TPSA) is 43.1 Å². The van der Waals surface area contributed by atoms with Crippen molar-refractivity contribution in [3.8, 4) is 0 Å². The number of carbonyl (C=O) groups excluding carboxylic acids is 1. The van der Waals surface area contributed by atoms with E-state index in [9.17, 15) is 13.6 Å². The third kappa shape index (κ3) is 3.20. The number of alkyl halides is 2. The number of halogens is 3. The number of hydrogen-bond donors (Lipinski definition) is 1. The highest BCUT2D eigenvalue weighted by Gasteiger charge is 2.36. The molecule has 102 valence electrons. The molecule has 0 saturated heterocycles. The average Bonchev–Trinajstić information content (AvgIpc) is 2.60. The van der Waals surface area contributed by atoms with Crippen LogP contribution < -0.4 is 5.73 Å². The number of hydrogen-bond acceptors (Lipinski definition) is 2. The van der Waals surface area contributed by atoms with Gasteiger partial charge in [-0.15, -0.1) is 23.7 Å². The van der Waals surface area contributed by atoms with Crippen molar-refractivity contribution in [2.24, 2.45) is 5.73 Å². The van der Waals surface area contributed by atoms with E-state index in [0.717, 1.165) is 10.4 Å². The summed E-state index contributed by atoms with van der Waals surface area (Å²) in [6.07, 6.45) is 0.683. The summed E-state index contributed by atoms with van der Waals surface area (Å²) in [5.74, 6) is -2.92. The van der Waals surface area contributed by atoms with Crippen LogP contribution >= 0.6 is 23.7 Å². The second-order valence-corrected chi connectivity index (χ2v) is 5.89. The molecule has 0 aromatic carbocycles. The van der Waals surface area contributed by atoms with E-state index in [0.29, 0.717) is 17.7 Å². The van der Waals surface area contributed by atoms with Crippen LogP contribution in [0, 0.1) is 6.92 Å². The molecule has 1 aromatic rings. The molecule has 18 heavy (non-hydrogen) atoms. The molecular formula is C12H16ClF2NOS. The minimum atomic E-state index is -2.53. The van der Waals surface area contributed by atoms with Crippen LogP contribution in [0.15, 0.2) is 6.07 Å². The van der Waals surface area contributed by atoms with E-state index in [2.05, 4.69) is 0 Å². The monoisotopic (exact) mass is 295 g/mol. The smallest absolute Gasteiger partial charge is 0.259 e. The minimum absolute atomic E-state index is 0. The Hall–Kier alpha value is -0.680. The maximum absolute atomic E-state index is 13.1. The van der Waals surface area contributed by atoms with E-state index < -0.39 is 11.8 Å². The molecule has 2 nitrogen and oxygen atoms in total. The Morgan fingerprint density at radius 1 is 1.44 bits per heavy atom. The molecule has 1 amide bonds. The largest absolute Gasteiger partial charge is 0.365 e. The zero-order chi connectivity index (χ0) is 12.6. The predicted molar refractivity (Wildman–Crippen MR) is 71.0 cm³/mol. The summed E-state index contributed by atoms with van der Waals surface area (Å²) in [5.41, 5.74) is 6.18. The molecule has 0 radical (unpaired) electrons. The molecule has 0 spiro atoms. The number of nitrogens with two attached hydrogens (primary N) is 1. The number of thiophene rings is 1. The number of rotatable bonds is 2. The van der Waals surface area contributed by atoms with Crippen LogP contribution in [0.1, 0.15) is 51.7 Å². The Bertz CT molecular complexity index is 437. The summed E-state index contributed by atoms with van der Waals surface area (Å²) in [7, 11) is 0. The third-order valence-corrected chi connectivity index (χ3v) is 4.35. The lowest BCUT2D eigenvalue weighted by molar-refractivity contribution is -0.0382. The van der Waals surface area contributed by atoms with Crippen LogP contribution in [0.2, 0.25) is 0 Å². The number of aryl methyl sites for hydroxylation is 1. The van der Waals surface area contributed by atoms with Gasteiger partial charge < -0.3 is 5.73 Å². The molecule has 1 saturated carbocycles. The molecule has 2 N–H and O–H groups in total. The lowest BCUT2D eigenvalue weighted by Crippen LogP contribution is -2.24. The molecule has 0 atom stereocenters. The zero-order valence-corrected chi connectivity index (χ0v) is 11.7. The fraction of sp³-hybridized carbons (Fsp3) is 0.583. The second-order valence-electron chi connectivity index (χ2n) is 4.64. The van der Waals surface area contributed by atoms with Crippen molar-refractivity contribution in [1.82, 2.24) is 0 Å². The Morgan fingerprint density at radius 3 is 2.50 bits per heavy atom. The molecule has 2 rings (SSSR count). The molecule has 0 unspecified atom stereocenters. The van der Waals surface area contributed by atoms with E-state index in [1.165, 1.54) is 11.3 Å². The van der Waals surface area contributed by atoms with E-state index in [1.54, 1.807) is 0 Å². The maximum atomic E-state index is 13.1. The van der Waals surface area contributed by atoms with Gasteiger partial charge in [0.1, 0.15) is 0 Å². The third-order valence-electron chi connectivity index (χ3n) is 3.26. The lowest BCUT2D eigenvalue weighted by atomic mass is 9.82.